The van der Waals surface area contributed by atoms with Crippen LogP contribution in [0.3, 0.4) is 0 Å². The van der Waals surface area contributed by atoms with Crippen molar-refractivity contribution in [1.82, 2.24) is 19.6 Å². The van der Waals surface area contributed by atoms with Gasteiger partial charge >= 0.3 is 0 Å². The van der Waals surface area contributed by atoms with Crippen molar-refractivity contribution in [2.24, 2.45) is 0 Å². The molecule has 4 rings (SSSR count). The zero-order valence-corrected chi connectivity index (χ0v) is 14.1. The molecule has 0 saturated heterocycles. The smallest absolute Gasteiger partial charge is 0.165 e. The standard InChI is InChI=1S/C19H17N5O2/c1-26-17-10-13(5-6-16(17)25)15-12-23-24-18(7-9-21-19(15)24)22-11-14-4-2-3-8-20-14/h2-10,12,22,25H,11H2,1H3. The van der Waals surface area contributed by atoms with Crippen molar-refractivity contribution in [2.45, 2.75) is 6.54 Å². The molecule has 130 valence electrons. The number of benzene rings is 1. The lowest BCUT2D eigenvalue weighted by molar-refractivity contribution is 0.373. The number of fused-ring (bicyclic) bond motifs is 1. The second-order valence-electron chi connectivity index (χ2n) is 5.68. The lowest BCUT2D eigenvalue weighted by atomic mass is 10.1. The Morgan fingerprint density at radius 3 is 2.85 bits per heavy atom. The Morgan fingerprint density at radius 1 is 1.12 bits per heavy atom. The normalized spacial score (nSPS) is 10.8. The molecule has 1 aromatic carbocycles. The van der Waals surface area contributed by atoms with E-state index >= 15 is 0 Å². The predicted molar refractivity (Wildman–Crippen MR) is 98.2 cm³/mol. The minimum Gasteiger partial charge on any atom is -0.504 e. The molecule has 0 radical (unpaired) electrons. The first-order valence-electron chi connectivity index (χ1n) is 8.10. The highest BCUT2D eigenvalue weighted by atomic mass is 16.5. The molecule has 0 fully saturated rings. The summed E-state index contributed by atoms with van der Waals surface area (Å²) in [4.78, 5) is 8.76. The Bertz CT molecular complexity index is 1050. The van der Waals surface area contributed by atoms with Crippen molar-refractivity contribution in [3.63, 3.8) is 0 Å². The molecule has 7 nitrogen and oxygen atoms in total. The van der Waals surface area contributed by atoms with E-state index in [9.17, 15) is 5.11 Å². The van der Waals surface area contributed by atoms with Crippen molar-refractivity contribution >= 4 is 11.5 Å². The summed E-state index contributed by atoms with van der Waals surface area (Å²) >= 11 is 0. The molecule has 0 unspecified atom stereocenters. The van der Waals surface area contributed by atoms with Gasteiger partial charge in [-0.15, -0.1) is 0 Å². The van der Waals surface area contributed by atoms with Gasteiger partial charge in [0.05, 0.1) is 25.5 Å². The molecule has 0 amide bonds. The summed E-state index contributed by atoms with van der Waals surface area (Å²) in [5.74, 6) is 1.32. The molecule has 26 heavy (non-hydrogen) atoms. The fourth-order valence-corrected chi connectivity index (χ4v) is 2.76. The number of methoxy groups -OCH3 is 1. The number of nitrogens with one attached hydrogen (secondary N) is 1. The van der Waals surface area contributed by atoms with Crippen LogP contribution in [0.15, 0.2) is 61.1 Å². The molecule has 0 atom stereocenters. The Balaban J connectivity index is 1.69. The largest absolute Gasteiger partial charge is 0.504 e. The van der Waals surface area contributed by atoms with Crippen molar-refractivity contribution in [2.75, 3.05) is 12.4 Å². The van der Waals surface area contributed by atoms with E-state index in [1.807, 2.05) is 30.3 Å². The molecule has 4 aromatic rings. The third kappa shape index (κ3) is 2.90. The van der Waals surface area contributed by atoms with Gasteiger partial charge in [0.15, 0.2) is 17.1 Å². The van der Waals surface area contributed by atoms with Gasteiger partial charge in [0.25, 0.3) is 0 Å². The predicted octanol–water partition coefficient (Wildman–Crippen LogP) is 3.12. The summed E-state index contributed by atoms with van der Waals surface area (Å²) in [5, 5.41) is 17.6. The highest BCUT2D eigenvalue weighted by Crippen LogP contribution is 2.33. The van der Waals surface area contributed by atoms with Crippen LogP contribution in [0.5, 0.6) is 11.5 Å². The molecular weight excluding hydrogens is 330 g/mol. The van der Waals surface area contributed by atoms with Crippen molar-refractivity contribution in [3.8, 4) is 22.6 Å². The van der Waals surface area contributed by atoms with Crippen LogP contribution in [0, 0.1) is 0 Å². The van der Waals surface area contributed by atoms with Gasteiger partial charge in [0, 0.05) is 18.0 Å². The van der Waals surface area contributed by atoms with E-state index < -0.39 is 0 Å². The number of ether oxygens (including phenoxy) is 1. The zero-order valence-electron chi connectivity index (χ0n) is 14.1. The number of nitrogens with zero attached hydrogens (tertiary/aromatic N) is 4. The number of anilines is 1. The van der Waals surface area contributed by atoms with E-state index in [2.05, 4.69) is 20.4 Å². The molecule has 7 heteroatoms. The summed E-state index contributed by atoms with van der Waals surface area (Å²) in [6, 6.07) is 12.8. The van der Waals surface area contributed by atoms with Gasteiger partial charge in [-0.25, -0.2) is 4.98 Å². The van der Waals surface area contributed by atoms with Crippen molar-refractivity contribution in [3.05, 3.63) is 66.7 Å². The number of pyridine rings is 1. The van der Waals surface area contributed by atoms with Gasteiger partial charge in [-0.3, -0.25) is 4.98 Å². The first-order valence-corrected chi connectivity index (χ1v) is 8.10. The number of phenols is 1. The Kier molecular flexibility index (Phi) is 4.10. The second-order valence-corrected chi connectivity index (χ2v) is 5.68. The van der Waals surface area contributed by atoms with Crippen LogP contribution in [-0.2, 0) is 6.54 Å². The van der Waals surface area contributed by atoms with Crippen LogP contribution in [0.25, 0.3) is 16.8 Å². The number of rotatable bonds is 5. The van der Waals surface area contributed by atoms with Crippen molar-refractivity contribution in [1.29, 1.82) is 0 Å². The summed E-state index contributed by atoms with van der Waals surface area (Å²) in [6.07, 6.45) is 5.25. The maximum absolute atomic E-state index is 9.79. The molecule has 3 heterocycles. The molecule has 0 aliphatic carbocycles. The molecule has 0 spiro atoms. The average Bonchev–Trinajstić information content (AvgIpc) is 3.12. The average molecular weight is 347 g/mol. The van der Waals surface area contributed by atoms with Crippen molar-refractivity contribution < 1.29 is 9.84 Å². The molecule has 0 bridgehead atoms. The highest BCUT2D eigenvalue weighted by Gasteiger charge is 2.12. The SMILES string of the molecule is COc1cc(-c2cnn3c(NCc4ccccn4)ccnc23)ccc1O. The topological polar surface area (TPSA) is 84.6 Å². The first kappa shape index (κ1) is 15.9. The van der Waals surface area contributed by atoms with Crippen LogP contribution >= 0.6 is 0 Å². The number of aromatic hydroxyl groups is 1. The maximum Gasteiger partial charge on any atom is 0.165 e. The van der Waals surface area contributed by atoms with Gasteiger partial charge in [-0.05, 0) is 35.9 Å². The minimum atomic E-state index is 0.0957. The third-order valence-corrected chi connectivity index (χ3v) is 4.07. The van der Waals surface area contributed by atoms with Gasteiger partial charge in [0.1, 0.15) is 5.82 Å². The second kappa shape index (κ2) is 6.72. The van der Waals surface area contributed by atoms with Crippen LogP contribution in [-0.4, -0.2) is 31.8 Å². The van der Waals surface area contributed by atoms with E-state index in [4.69, 9.17) is 4.74 Å². The van der Waals surface area contributed by atoms with E-state index in [1.165, 1.54) is 7.11 Å². The van der Waals surface area contributed by atoms with E-state index in [1.54, 1.807) is 35.2 Å². The molecule has 3 aromatic heterocycles. The number of phenolic OH excluding ortho intramolecular Hbond substituents is 1. The summed E-state index contributed by atoms with van der Waals surface area (Å²) in [5.41, 5.74) is 3.37. The van der Waals surface area contributed by atoms with E-state index in [-0.39, 0.29) is 5.75 Å². The van der Waals surface area contributed by atoms with Gasteiger partial charge < -0.3 is 15.2 Å². The Morgan fingerprint density at radius 2 is 2.04 bits per heavy atom. The van der Waals surface area contributed by atoms with Crippen LogP contribution in [0.1, 0.15) is 5.69 Å². The molecule has 0 aliphatic heterocycles. The van der Waals surface area contributed by atoms with Crippen LogP contribution in [0.2, 0.25) is 0 Å². The zero-order chi connectivity index (χ0) is 17.9. The van der Waals surface area contributed by atoms with Gasteiger partial charge in [-0.2, -0.15) is 9.61 Å². The fourth-order valence-electron chi connectivity index (χ4n) is 2.76. The minimum absolute atomic E-state index is 0.0957. The van der Waals surface area contributed by atoms with E-state index in [0.717, 1.165) is 22.6 Å². The summed E-state index contributed by atoms with van der Waals surface area (Å²) in [7, 11) is 1.52. The Labute approximate surface area is 149 Å². The number of hydrogen-bond acceptors (Lipinski definition) is 6. The summed E-state index contributed by atoms with van der Waals surface area (Å²) < 4.78 is 6.94. The maximum atomic E-state index is 9.79. The quantitative estimate of drug-likeness (QED) is 0.577. The van der Waals surface area contributed by atoms with E-state index in [0.29, 0.717) is 17.9 Å². The summed E-state index contributed by atoms with van der Waals surface area (Å²) in [6.45, 7) is 0.585. The van der Waals surface area contributed by atoms with Gasteiger partial charge in [0.2, 0.25) is 0 Å². The number of hydrogen-bond donors (Lipinski definition) is 2. The first-order chi connectivity index (χ1) is 12.8. The lowest BCUT2D eigenvalue weighted by Crippen LogP contribution is -2.06. The van der Waals surface area contributed by atoms with Crippen LogP contribution < -0.4 is 10.1 Å². The lowest BCUT2D eigenvalue weighted by Gasteiger charge is -2.08. The highest BCUT2D eigenvalue weighted by molar-refractivity contribution is 5.79. The fraction of sp³-hybridized carbons (Fsp3) is 0.105. The molecule has 2 N–H and O–H groups in total. The Hall–Kier alpha value is -3.61. The van der Waals surface area contributed by atoms with Gasteiger partial charge in [-0.1, -0.05) is 12.1 Å². The number of aromatic nitrogens is 4. The molecule has 0 saturated carbocycles. The third-order valence-electron chi connectivity index (χ3n) is 4.07. The molecule has 0 aliphatic rings. The van der Waals surface area contributed by atoms with Crippen LogP contribution in [0.4, 0.5) is 5.82 Å². The molecular formula is C19H17N5O2. The monoisotopic (exact) mass is 347 g/mol.